The minimum Gasteiger partial charge on any atom is -0.481 e. The molecule has 0 bridgehead atoms. The first-order chi connectivity index (χ1) is 9.43. The van der Waals surface area contributed by atoms with Gasteiger partial charge in [0.05, 0.1) is 18.2 Å². The maximum Gasteiger partial charge on any atom is 0.315 e. The van der Waals surface area contributed by atoms with Crippen molar-refractivity contribution in [2.24, 2.45) is 5.92 Å². The number of urea groups is 1. The smallest absolute Gasteiger partial charge is 0.315 e. The Hall–Kier alpha value is -2.05. The van der Waals surface area contributed by atoms with Gasteiger partial charge >= 0.3 is 12.0 Å². The Kier molecular flexibility index (Phi) is 6.02. The van der Waals surface area contributed by atoms with Gasteiger partial charge in [0.2, 0.25) is 5.89 Å². The molecular formula is C13H21N3O4. The van der Waals surface area contributed by atoms with Crippen molar-refractivity contribution in [3.8, 4) is 0 Å². The van der Waals surface area contributed by atoms with Gasteiger partial charge in [0, 0.05) is 6.54 Å². The number of hydrogen-bond donors (Lipinski definition) is 3. The topological polar surface area (TPSA) is 104 Å². The van der Waals surface area contributed by atoms with E-state index in [9.17, 15) is 9.59 Å². The molecule has 7 heteroatoms. The number of nitrogens with one attached hydrogen (secondary N) is 2. The van der Waals surface area contributed by atoms with Crippen LogP contribution in [0, 0.1) is 19.8 Å². The number of aryl methyl sites for hydroxylation is 2. The molecule has 1 aromatic rings. The highest BCUT2D eigenvalue weighted by atomic mass is 16.4. The first-order valence-corrected chi connectivity index (χ1v) is 6.61. The number of carboxylic acids is 1. The summed E-state index contributed by atoms with van der Waals surface area (Å²) in [5.74, 6) is -0.308. The molecule has 0 fully saturated rings. The fraction of sp³-hybridized carbons (Fsp3) is 0.615. The Morgan fingerprint density at radius 1 is 1.35 bits per heavy atom. The normalized spacial score (nSPS) is 11.9. The average molecular weight is 283 g/mol. The summed E-state index contributed by atoms with van der Waals surface area (Å²) in [6.07, 6.45) is 1.29. The average Bonchev–Trinajstić information content (AvgIpc) is 2.71. The number of hydrogen-bond acceptors (Lipinski definition) is 4. The number of oxazole rings is 1. The molecule has 1 heterocycles. The maximum absolute atomic E-state index is 11.6. The van der Waals surface area contributed by atoms with Gasteiger partial charge in [-0.3, -0.25) is 4.79 Å². The number of rotatable bonds is 7. The van der Waals surface area contributed by atoms with Crippen LogP contribution in [0.4, 0.5) is 4.79 Å². The van der Waals surface area contributed by atoms with Crippen molar-refractivity contribution in [3.05, 3.63) is 17.3 Å². The molecule has 0 aliphatic carbocycles. The predicted octanol–water partition coefficient (Wildman–Crippen LogP) is 1.59. The fourth-order valence-electron chi connectivity index (χ4n) is 1.71. The van der Waals surface area contributed by atoms with Crippen molar-refractivity contribution in [2.45, 2.75) is 40.2 Å². The summed E-state index contributed by atoms with van der Waals surface area (Å²) < 4.78 is 5.32. The van der Waals surface area contributed by atoms with Crippen molar-refractivity contribution in [3.63, 3.8) is 0 Å². The minimum absolute atomic E-state index is 0.110. The number of carbonyl (C=O) groups is 2. The van der Waals surface area contributed by atoms with Crippen LogP contribution in [0.2, 0.25) is 0 Å². The Morgan fingerprint density at radius 3 is 2.55 bits per heavy atom. The van der Waals surface area contributed by atoms with E-state index in [0.29, 0.717) is 12.3 Å². The van der Waals surface area contributed by atoms with Gasteiger partial charge in [0.1, 0.15) is 5.76 Å². The van der Waals surface area contributed by atoms with Crippen molar-refractivity contribution in [1.82, 2.24) is 15.6 Å². The van der Waals surface area contributed by atoms with Gasteiger partial charge in [-0.05, 0) is 20.3 Å². The molecule has 0 saturated carbocycles. The summed E-state index contributed by atoms with van der Waals surface area (Å²) in [6, 6.07) is -0.430. The molecule has 1 aromatic heterocycles. The molecule has 0 aliphatic heterocycles. The number of amides is 2. The number of nitrogens with zero attached hydrogens (tertiary/aromatic N) is 1. The van der Waals surface area contributed by atoms with Crippen LogP contribution in [-0.2, 0) is 11.3 Å². The van der Waals surface area contributed by atoms with Crippen LogP contribution < -0.4 is 10.6 Å². The van der Waals surface area contributed by atoms with Gasteiger partial charge in [-0.25, -0.2) is 9.78 Å². The van der Waals surface area contributed by atoms with Crippen LogP contribution in [-0.4, -0.2) is 28.6 Å². The van der Waals surface area contributed by atoms with E-state index >= 15 is 0 Å². The molecule has 1 atom stereocenters. The van der Waals surface area contributed by atoms with Crippen LogP contribution in [0.15, 0.2) is 4.42 Å². The molecule has 1 rings (SSSR count). The quantitative estimate of drug-likeness (QED) is 0.705. The molecule has 0 aliphatic rings. The van der Waals surface area contributed by atoms with Crippen molar-refractivity contribution in [1.29, 1.82) is 0 Å². The van der Waals surface area contributed by atoms with Crippen LogP contribution in [0.25, 0.3) is 0 Å². The first-order valence-electron chi connectivity index (χ1n) is 6.61. The summed E-state index contributed by atoms with van der Waals surface area (Å²) in [6.45, 7) is 5.81. The lowest BCUT2D eigenvalue weighted by Crippen LogP contribution is -2.39. The van der Waals surface area contributed by atoms with E-state index in [1.165, 1.54) is 0 Å². The van der Waals surface area contributed by atoms with Crippen LogP contribution in [0.5, 0.6) is 0 Å². The fourth-order valence-corrected chi connectivity index (χ4v) is 1.71. The number of carbonyl (C=O) groups excluding carboxylic acids is 1. The number of carboxylic acid groups (broad SMARTS) is 1. The number of aromatic nitrogens is 1. The maximum atomic E-state index is 11.6. The Labute approximate surface area is 117 Å². The SMILES string of the molecule is CCCC(CNC(=O)NCc1nc(C)c(C)o1)C(=O)O. The molecule has 0 aromatic carbocycles. The summed E-state index contributed by atoms with van der Waals surface area (Å²) in [5.41, 5.74) is 0.788. The standard InChI is InChI=1S/C13H21N3O4/c1-4-5-10(12(17)18)6-14-13(19)15-7-11-16-8(2)9(3)20-11/h10H,4-7H2,1-3H3,(H,17,18)(H2,14,15,19). The van der Waals surface area contributed by atoms with Crippen LogP contribution in [0.3, 0.4) is 0 Å². The second kappa shape index (κ2) is 7.52. The monoisotopic (exact) mass is 283 g/mol. The van der Waals surface area contributed by atoms with Crippen LogP contribution >= 0.6 is 0 Å². The van der Waals surface area contributed by atoms with Gasteiger partial charge in [0.15, 0.2) is 0 Å². The Bertz CT molecular complexity index is 451. The van der Waals surface area contributed by atoms with Gasteiger partial charge in [-0.2, -0.15) is 0 Å². The molecule has 1 unspecified atom stereocenters. The van der Waals surface area contributed by atoms with Gasteiger partial charge < -0.3 is 20.2 Å². The molecular weight excluding hydrogens is 262 g/mol. The first kappa shape index (κ1) is 16.0. The number of aliphatic carboxylic acids is 1. The van der Waals surface area contributed by atoms with Gasteiger partial charge in [0.25, 0.3) is 0 Å². The second-order valence-electron chi connectivity index (χ2n) is 4.64. The van der Waals surface area contributed by atoms with Crippen molar-refractivity contribution in [2.75, 3.05) is 6.54 Å². The summed E-state index contributed by atoms with van der Waals surface area (Å²) in [4.78, 5) is 26.6. The van der Waals surface area contributed by atoms with E-state index in [0.717, 1.165) is 17.9 Å². The van der Waals surface area contributed by atoms with Crippen molar-refractivity contribution < 1.29 is 19.1 Å². The molecule has 0 radical (unpaired) electrons. The third-order valence-corrected chi connectivity index (χ3v) is 2.97. The Balaban J connectivity index is 2.34. The highest BCUT2D eigenvalue weighted by Crippen LogP contribution is 2.07. The third kappa shape index (κ3) is 4.91. The van der Waals surface area contributed by atoms with E-state index in [-0.39, 0.29) is 13.1 Å². The van der Waals surface area contributed by atoms with Crippen molar-refractivity contribution >= 4 is 12.0 Å². The zero-order valence-electron chi connectivity index (χ0n) is 12.0. The zero-order chi connectivity index (χ0) is 15.1. The predicted molar refractivity (Wildman–Crippen MR) is 72.2 cm³/mol. The second-order valence-corrected chi connectivity index (χ2v) is 4.64. The molecule has 2 amide bonds. The van der Waals surface area contributed by atoms with Gasteiger partial charge in [-0.15, -0.1) is 0 Å². The van der Waals surface area contributed by atoms with Gasteiger partial charge in [-0.1, -0.05) is 13.3 Å². The molecule has 0 saturated heterocycles. The molecule has 112 valence electrons. The highest BCUT2D eigenvalue weighted by molar-refractivity contribution is 5.75. The van der Waals surface area contributed by atoms with E-state index in [1.807, 2.05) is 13.8 Å². The third-order valence-electron chi connectivity index (χ3n) is 2.97. The summed E-state index contributed by atoms with van der Waals surface area (Å²) in [7, 11) is 0. The molecule has 20 heavy (non-hydrogen) atoms. The van der Waals surface area contributed by atoms with E-state index in [1.54, 1.807) is 6.92 Å². The zero-order valence-corrected chi connectivity index (χ0v) is 12.0. The largest absolute Gasteiger partial charge is 0.481 e. The minimum atomic E-state index is -0.897. The van der Waals surface area contributed by atoms with E-state index < -0.39 is 17.9 Å². The van der Waals surface area contributed by atoms with Crippen LogP contribution in [0.1, 0.15) is 37.1 Å². The lowest BCUT2D eigenvalue weighted by atomic mass is 10.0. The molecule has 3 N–H and O–H groups in total. The van der Waals surface area contributed by atoms with E-state index in [2.05, 4.69) is 15.6 Å². The lowest BCUT2D eigenvalue weighted by Gasteiger charge is -2.12. The highest BCUT2D eigenvalue weighted by Gasteiger charge is 2.17. The Morgan fingerprint density at radius 2 is 2.05 bits per heavy atom. The molecule has 0 spiro atoms. The summed E-state index contributed by atoms with van der Waals surface area (Å²) in [5, 5.41) is 14.1. The lowest BCUT2D eigenvalue weighted by molar-refractivity contribution is -0.141. The van der Waals surface area contributed by atoms with E-state index in [4.69, 9.17) is 9.52 Å². The molecule has 7 nitrogen and oxygen atoms in total. The summed E-state index contributed by atoms with van der Waals surface area (Å²) >= 11 is 0.